The van der Waals surface area contributed by atoms with Crippen LogP contribution in [0.15, 0.2) is 24.3 Å². The Bertz CT molecular complexity index is 556. The molecule has 2 rings (SSSR count). The predicted octanol–water partition coefficient (Wildman–Crippen LogP) is 1.72. The van der Waals surface area contributed by atoms with Gasteiger partial charge in [0.1, 0.15) is 6.54 Å². The number of carbonyl (C=O) groups is 2. The number of ether oxygens (including phenoxy) is 1. The van der Waals surface area contributed by atoms with Crippen molar-refractivity contribution in [1.29, 1.82) is 0 Å². The van der Waals surface area contributed by atoms with Crippen LogP contribution in [0.2, 0.25) is 5.02 Å². The van der Waals surface area contributed by atoms with Crippen LogP contribution in [0.5, 0.6) is 0 Å². The van der Waals surface area contributed by atoms with Crippen molar-refractivity contribution in [2.24, 2.45) is 0 Å². The molecule has 1 fully saturated rings. The zero-order chi connectivity index (χ0) is 16.1. The number of hydrogen-bond donors (Lipinski definition) is 2. The first kappa shape index (κ1) is 19.7. The fourth-order valence-corrected chi connectivity index (χ4v) is 2.62. The number of nitrogens with one attached hydrogen (secondary N) is 1. The second-order valence-electron chi connectivity index (χ2n) is 5.29. The smallest absolute Gasteiger partial charge is 0.322 e. The van der Waals surface area contributed by atoms with Crippen LogP contribution in [-0.2, 0) is 14.3 Å². The Hall–Kier alpha value is -1.34. The van der Waals surface area contributed by atoms with E-state index in [2.05, 4.69) is 5.32 Å². The van der Waals surface area contributed by atoms with Crippen molar-refractivity contribution in [3.8, 4) is 0 Å². The van der Waals surface area contributed by atoms with Crippen LogP contribution in [0.4, 0.5) is 0 Å². The standard InChI is InChI=1S/C15H19ClN2O4.ClH/c1-10-9-22-13(11-4-2-3-5-12(11)16)7-18(10)8-14(19)17-6-15(20)21;/h2-5,10,13H,6-9H2,1H3,(H,17,19)(H,20,21);1H. The van der Waals surface area contributed by atoms with Gasteiger partial charge < -0.3 is 15.2 Å². The van der Waals surface area contributed by atoms with Crippen molar-refractivity contribution >= 4 is 35.9 Å². The molecule has 0 bridgehead atoms. The van der Waals surface area contributed by atoms with Gasteiger partial charge in [-0.3, -0.25) is 14.5 Å². The van der Waals surface area contributed by atoms with Gasteiger partial charge in [0, 0.05) is 23.2 Å². The molecule has 0 radical (unpaired) electrons. The second kappa shape index (κ2) is 9.08. The summed E-state index contributed by atoms with van der Waals surface area (Å²) in [6, 6.07) is 7.55. The molecule has 23 heavy (non-hydrogen) atoms. The molecule has 2 atom stereocenters. The Morgan fingerprint density at radius 3 is 2.78 bits per heavy atom. The molecule has 0 spiro atoms. The molecule has 1 aromatic rings. The highest BCUT2D eigenvalue weighted by atomic mass is 35.5. The number of carbonyl (C=O) groups excluding carboxylic acids is 1. The first-order chi connectivity index (χ1) is 10.5. The van der Waals surface area contributed by atoms with Gasteiger partial charge in [0.25, 0.3) is 0 Å². The van der Waals surface area contributed by atoms with Crippen molar-refractivity contribution in [3.05, 3.63) is 34.9 Å². The topological polar surface area (TPSA) is 78.9 Å². The van der Waals surface area contributed by atoms with Crippen LogP contribution in [0, 0.1) is 0 Å². The molecule has 1 aliphatic rings. The molecular formula is C15H20Cl2N2O4. The van der Waals surface area contributed by atoms with Gasteiger partial charge in [-0.2, -0.15) is 0 Å². The Labute approximate surface area is 146 Å². The van der Waals surface area contributed by atoms with Gasteiger partial charge in [-0.1, -0.05) is 29.8 Å². The molecule has 0 aliphatic carbocycles. The van der Waals surface area contributed by atoms with Crippen molar-refractivity contribution < 1.29 is 19.4 Å². The zero-order valence-electron chi connectivity index (χ0n) is 12.7. The maximum Gasteiger partial charge on any atom is 0.322 e. The molecular weight excluding hydrogens is 343 g/mol. The van der Waals surface area contributed by atoms with Crippen LogP contribution in [0.1, 0.15) is 18.6 Å². The fourth-order valence-electron chi connectivity index (χ4n) is 2.37. The minimum atomic E-state index is -1.06. The number of nitrogens with zero attached hydrogens (tertiary/aromatic N) is 1. The van der Waals surface area contributed by atoms with Gasteiger partial charge in [-0.05, 0) is 13.0 Å². The van der Waals surface area contributed by atoms with Crippen molar-refractivity contribution in [3.63, 3.8) is 0 Å². The number of carboxylic acids is 1. The summed E-state index contributed by atoms with van der Waals surface area (Å²) >= 11 is 6.19. The van der Waals surface area contributed by atoms with Gasteiger partial charge in [0.2, 0.25) is 5.91 Å². The molecule has 2 N–H and O–H groups in total. The van der Waals surface area contributed by atoms with E-state index in [4.69, 9.17) is 21.4 Å². The van der Waals surface area contributed by atoms with E-state index in [9.17, 15) is 9.59 Å². The van der Waals surface area contributed by atoms with E-state index in [1.54, 1.807) is 0 Å². The minimum absolute atomic E-state index is 0. The van der Waals surface area contributed by atoms with Crippen LogP contribution in [-0.4, -0.2) is 54.2 Å². The number of rotatable bonds is 5. The summed E-state index contributed by atoms with van der Waals surface area (Å²) in [6.07, 6.45) is -0.197. The number of aliphatic carboxylic acids is 1. The van der Waals surface area contributed by atoms with E-state index in [1.807, 2.05) is 36.1 Å². The molecule has 1 heterocycles. The highest BCUT2D eigenvalue weighted by molar-refractivity contribution is 6.31. The third kappa shape index (κ3) is 5.66. The normalized spacial score (nSPS) is 21.3. The Morgan fingerprint density at radius 2 is 2.13 bits per heavy atom. The summed E-state index contributed by atoms with van der Waals surface area (Å²) in [5, 5.41) is 11.6. The number of morpholine rings is 1. The van der Waals surface area contributed by atoms with E-state index >= 15 is 0 Å². The van der Waals surface area contributed by atoms with Gasteiger partial charge >= 0.3 is 5.97 Å². The van der Waals surface area contributed by atoms with Crippen LogP contribution < -0.4 is 5.32 Å². The molecule has 6 nitrogen and oxygen atoms in total. The zero-order valence-corrected chi connectivity index (χ0v) is 14.3. The fraction of sp³-hybridized carbons (Fsp3) is 0.467. The van der Waals surface area contributed by atoms with E-state index in [-0.39, 0.29) is 43.5 Å². The Balaban J connectivity index is 0.00000264. The SMILES string of the molecule is CC1COC(c2ccccc2Cl)CN1CC(=O)NCC(=O)O.Cl. The lowest BCUT2D eigenvalue weighted by Crippen LogP contribution is -2.49. The van der Waals surface area contributed by atoms with Gasteiger partial charge in [-0.25, -0.2) is 0 Å². The molecule has 8 heteroatoms. The monoisotopic (exact) mass is 362 g/mol. The second-order valence-corrected chi connectivity index (χ2v) is 5.70. The molecule has 0 saturated carbocycles. The summed E-state index contributed by atoms with van der Waals surface area (Å²) in [6.45, 7) is 2.76. The number of hydrogen-bond acceptors (Lipinski definition) is 4. The van der Waals surface area contributed by atoms with Crippen molar-refractivity contribution in [2.45, 2.75) is 19.1 Å². The maximum atomic E-state index is 11.8. The maximum absolute atomic E-state index is 11.8. The predicted molar refractivity (Wildman–Crippen MR) is 89.1 cm³/mol. The van der Waals surface area contributed by atoms with E-state index in [1.165, 1.54) is 0 Å². The van der Waals surface area contributed by atoms with Crippen molar-refractivity contribution in [2.75, 3.05) is 26.2 Å². The average molecular weight is 363 g/mol. The van der Waals surface area contributed by atoms with Crippen LogP contribution >= 0.6 is 24.0 Å². The number of carboxylic acid groups (broad SMARTS) is 1. The molecule has 1 aliphatic heterocycles. The summed E-state index contributed by atoms with van der Waals surface area (Å²) < 4.78 is 5.82. The Morgan fingerprint density at radius 1 is 1.43 bits per heavy atom. The highest BCUT2D eigenvalue weighted by Crippen LogP contribution is 2.29. The van der Waals surface area contributed by atoms with Gasteiger partial charge in [0.05, 0.1) is 19.3 Å². The lowest BCUT2D eigenvalue weighted by atomic mass is 10.1. The number of benzene rings is 1. The lowest BCUT2D eigenvalue weighted by Gasteiger charge is -2.37. The lowest BCUT2D eigenvalue weighted by molar-refractivity contribution is -0.138. The quantitative estimate of drug-likeness (QED) is 0.833. The summed E-state index contributed by atoms with van der Waals surface area (Å²) in [5.41, 5.74) is 0.895. The van der Waals surface area contributed by atoms with Crippen LogP contribution in [0.3, 0.4) is 0 Å². The summed E-state index contributed by atoms with van der Waals surface area (Å²) in [5.74, 6) is -1.37. The molecule has 1 aromatic carbocycles. The summed E-state index contributed by atoms with van der Waals surface area (Å²) in [4.78, 5) is 24.2. The van der Waals surface area contributed by atoms with E-state index < -0.39 is 5.97 Å². The molecule has 128 valence electrons. The third-order valence-corrected chi connectivity index (χ3v) is 3.94. The largest absolute Gasteiger partial charge is 0.480 e. The molecule has 0 aromatic heterocycles. The average Bonchev–Trinajstić information content (AvgIpc) is 2.48. The number of amides is 1. The minimum Gasteiger partial charge on any atom is -0.480 e. The third-order valence-electron chi connectivity index (χ3n) is 3.60. The number of halogens is 2. The molecule has 2 unspecified atom stereocenters. The van der Waals surface area contributed by atoms with E-state index in [0.717, 1.165) is 5.56 Å². The van der Waals surface area contributed by atoms with Gasteiger partial charge in [0.15, 0.2) is 0 Å². The van der Waals surface area contributed by atoms with Gasteiger partial charge in [-0.15, -0.1) is 12.4 Å². The Kier molecular flexibility index (Phi) is 7.78. The first-order valence-corrected chi connectivity index (χ1v) is 7.43. The van der Waals surface area contributed by atoms with E-state index in [0.29, 0.717) is 18.2 Å². The molecule has 1 amide bonds. The van der Waals surface area contributed by atoms with Crippen molar-refractivity contribution in [1.82, 2.24) is 10.2 Å². The first-order valence-electron chi connectivity index (χ1n) is 7.06. The van der Waals surface area contributed by atoms with Crippen LogP contribution in [0.25, 0.3) is 0 Å². The highest BCUT2D eigenvalue weighted by Gasteiger charge is 2.29. The molecule has 1 saturated heterocycles. The summed E-state index contributed by atoms with van der Waals surface area (Å²) in [7, 11) is 0.